The fraction of sp³-hybridized carbons (Fsp3) is 0.500. The van der Waals surface area contributed by atoms with Gasteiger partial charge in [-0.3, -0.25) is 14.9 Å². The lowest BCUT2D eigenvalue weighted by molar-refractivity contribution is -0.125. The summed E-state index contributed by atoms with van der Waals surface area (Å²) in [6.07, 6.45) is 0.628. The Balaban J connectivity index is 1.31. The van der Waals surface area contributed by atoms with Gasteiger partial charge < -0.3 is 20.3 Å². The quantitative estimate of drug-likeness (QED) is 0.675. The van der Waals surface area contributed by atoms with Crippen molar-refractivity contribution in [2.75, 3.05) is 37.4 Å². The predicted octanol–water partition coefficient (Wildman–Crippen LogP) is 1.29. The molecule has 0 radical (unpaired) electrons. The Kier molecular flexibility index (Phi) is 5.98. The minimum Gasteiger partial charge on any atom is -0.378 e. The second kappa shape index (κ2) is 8.62. The van der Waals surface area contributed by atoms with Crippen molar-refractivity contribution in [2.24, 2.45) is 5.92 Å². The van der Waals surface area contributed by atoms with Crippen molar-refractivity contribution in [3.63, 3.8) is 0 Å². The van der Waals surface area contributed by atoms with Crippen molar-refractivity contribution in [1.29, 1.82) is 0 Å². The number of carbonyl (C=O) groups is 3. The first kappa shape index (κ1) is 19.4. The van der Waals surface area contributed by atoms with Crippen LogP contribution in [0.2, 0.25) is 0 Å². The second-order valence-corrected chi connectivity index (χ2v) is 9.12. The number of carbonyl (C=O) groups excluding carboxylic acids is 3. The topological polar surface area (TPSA) is 99.8 Å². The Morgan fingerprint density at radius 2 is 1.93 bits per heavy atom. The number of hydrogen-bond acceptors (Lipinski definition) is 7. The highest BCUT2D eigenvalue weighted by Gasteiger charge is 2.38. The van der Waals surface area contributed by atoms with Crippen molar-refractivity contribution in [3.05, 3.63) is 24.3 Å². The number of fused-ring (bicyclic) bond motifs is 1. The number of benzene rings is 1. The van der Waals surface area contributed by atoms with E-state index in [2.05, 4.69) is 16.0 Å². The third-order valence-electron chi connectivity index (χ3n) is 4.90. The summed E-state index contributed by atoms with van der Waals surface area (Å²) in [4.78, 5) is 40.2. The Labute approximate surface area is 171 Å². The van der Waals surface area contributed by atoms with Crippen LogP contribution in [-0.2, 0) is 14.3 Å². The van der Waals surface area contributed by atoms with Gasteiger partial charge in [0.1, 0.15) is 0 Å². The molecule has 3 heterocycles. The lowest BCUT2D eigenvalue weighted by Crippen LogP contribution is -2.51. The smallest absolute Gasteiger partial charge is 0.324 e. The molecule has 2 fully saturated rings. The van der Waals surface area contributed by atoms with Crippen LogP contribution in [0.3, 0.4) is 0 Å². The van der Waals surface area contributed by atoms with Crippen LogP contribution in [0.1, 0.15) is 6.42 Å². The molecule has 4 amide bonds. The number of nitrogens with zero attached hydrogens (tertiary/aromatic N) is 1. The molecule has 3 aliphatic rings. The zero-order valence-corrected chi connectivity index (χ0v) is 16.8. The molecule has 3 atom stereocenters. The van der Waals surface area contributed by atoms with Crippen LogP contribution in [-0.4, -0.2) is 65.5 Å². The lowest BCUT2D eigenvalue weighted by Gasteiger charge is -2.27. The number of thioether (sulfide) groups is 2. The van der Waals surface area contributed by atoms with Crippen molar-refractivity contribution < 1.29 is 19.1 Å². The molecule has 0 bridgehead atoms. The van der Waals surface area contributed by atoms with E-state index in [0.717, 1.165) is 16.3 Å². The van der Waals surface area contributed by atoms with Gasteiger partial charge in [0.05, 0.1) is 24.5 Å². The fourth-order valence-electron chi connectivity index (χ4n) is 3.37. The van der Waals surface area contributed by atoms with Crippen molar-refractivity contribution in [2.45, 2.75) is 22.1 Å². The highest BCUT2D eigenvalue weighted by Crippen LogP contribution is 2.38. The van der Waals surface area contributed by atoms with Crippen molar-refractivity contribution in [1.82, 2.24) is 15.5 Å². The molecular formula is C18H22N4O4S2. The summed E-state index contributed by atoms with van der Waals surface area (Å²) in [5.41, 5.74) is 0.942. The van der Waals surface area contributed by atoms with E-state index >= 15 is 0 Å². The summed E-state index contributed by atoms with van der Waals surface area (Å²) in [5.74, 6) is -0.145. The van der Waals surface area contributed by atoms with E-state index in [1.165, 1.54) is 23.5 Å². The third-order valence-corrected chi connectivity index (χ3v) is 7.35. The number of ether oxygens (including phenoxy) is 1. The van der Waals surface area contributed by atoms with E-state index in [0.29, 0.717) is 32.7 Å². The molecule has 0 aliphatic carbocycles. The standard InChI is InChI=1S/C18H22N4O4S2/c23-14(21-18(25)22-6-8-26-9-7-22)11-5-10-27-16(11)20-15(24)17-19-12-3-1-2-4-13(12)28-17/h1-4,11,16-17,19H,5-10H2,(H,20,24)(H,21,23,25). The van der Waals surface area contributed by atoms with Crippen LogP contribution in [0.25, 0.3) is 0 Å². The van der Waals surface area contributed by atoms with Crippen LogP contribution in [0.5, 0.6) is 0 Å². The number of imide groups is 1. The number of rotatable bonds is 3. The Bertz CT molecular complexity index is 747. The molecule has 1 aromatic carbocycles. The van der Waals surface area contributed by atoms with E-state index in [1.807, 2.05) is 24.3 Å². The number of amides is 4. The maximum atomic E-state index is 12.7. The van der Waals surface area contributed by atoms with Gasteiger partial charge in [-0.1, -0.05) is 23.9 Å². The van der Waals surface area contributed by atoms with Gasteiger partial charge in [-0.15, -0.1) is 11.8 Å². The highest BCUT2D eigenvalue weighted by molar-refractivity contribution is 8.01. The normalized spacial score (nSPS) is 26.3. The maximum absolute atomic E-state index is 12.7. The van der Waals surface area contributed by atoms with Gasteiger partial charge in [0.2, 0.25) is 5.91 Å². The summed E-state index contributed by atoms with van der Waals surface area (Å²) >= 11 is 3.00. The molecule has 8 nitrogen and oxygen atoms in total. The van der Waals surface area contributed by atoms with Crippen LogP contribution < -0.4 is 16.0 Å². The monoisotopic (exact) mass is 422 g/mol. The van der Waals surface area contributed by atoms with Crippen molar-refractivity contribution >= 4 is 47.1 Å². The molecule has 28 heavy (non-hydrogen) atoms. The summed E-state index contributed by atoms with van der Waals surface area (Å²) in [5, 5.41) is 7.90. The van der Waals surface area contributed by atoms with E-state index in [-0.39, 0.29) is 17.2 Å². The Hall–Kier alpha value is -1.91. The summed E-state index contributed by atoms with van der Waals surface area (Å²) in [7, 11) is 0. The minimum absolute atomic E-state index is 0.155. The summed E-state index contributed by atoms with van der Waals surface area (Å²) < 4.78 is 5.22. The molecular weight excluding hydrogens is 400 g/mol. The number of para-hydroxylation sites is 1. The Morgan fingerprint density at radius 1 is 1.14 bits per heavy atom. The van der Waals surface area contributed by atoms with Gasteiger partial charge in [-0.25, -0.2) is 4.79 Å². The molecule has 0 saturated carbocycles. The van der Waals surface area contributed by atoms with Crippen LogP contribution >= 0.6 is 23.5 Å². The zero-order valence-electron chi connectivity index (χ0n) is 15.2. The number of nitrogens with one attached hydrogen (secondary N) is 3. The molecule has 1 aromatic rings. The van der Waals surface area contributed by atoms with Gasteiger partial charge in [0, 0.05) is 23.7 Å². The molecule has 150 valence electrons. The van der Waals surface area contributed by atoms with Crippen LogP contribution in [0.15, 0.2) is 29.2 Å². The summed E-state index contributed by atoms with van der Waals surface area (Å²) in [6, 6.07) is 7.38. The number of morpholine rings is 1. The van der Waals surface area contributed by atoms with Gasteiger partial charge in [0.15, 0.2) is 5.37 Å². The van der Waals surface area contributed by atoms with E-state index in [9.17, 15) is 14.4 Å². The SMILES string of the molecule is O=C(NC1SCCC1C(=O)NC(=O)N1CCOCC1)C1Nc2ccccc2S1. The second-order valence-electron chi connectivity index (χ2n) is 6.73. The molecule has 3 unspecified atom stereocenters. The molecule has 3 N–H and O–H groups in total. The third kappa shape index (κ3) is 4.23. The molecule has 2 saturated heterocycles. The van der Waals surface area contributed by atoms with E-state index in [1.54, 1.807) is 4.90 Å². The molecule has 4 rings (SSSR count). The maximum Gasteiger partial charge on any atom is 0.324 e. The van der Waals surface area contributed by atoms with E-state index < -0.39 is 17.3 Å². The van der Waals surface area contributed by atoms with Crippen molar-refractivity contribution in [3.8, 4) is 0 Å². The average molecular weight is 423 g/mol. The highest BCUT2D eigenvalue weighted by atomic mass is 32.2. The van der Waals surface area contributed by atoms with Gasteiger partial charge in [-0.05, 0) is 24.3 Å². The largest absolute Gasteiger partial charge is 0.378 e. The van der Waals surface area contributed by atoms with Crippen LogP contribution in [0, 0.1) is 5.92 Å². The van der Waals surface area contributed by atoms with E-state index in [4.69, 9.17) is 4.74 Å². The number of hydrogen-bond donors (Lipinski definition) is 3. The minimum atomic E-state index is -0.423. The first-order valence-electron chi connectivity index (χ1n) is 9.23. The number of anilines is 1. The fourth-order valence-corrected chi connectivity index (χ4v) is 5.73. The van der Waals surface area contributed by atoms with Crippen LogP contribution in [0.4, 0.5) is 10.5 Å². The zero-order chi connectivity index (χ0) is 19.5. The Morgan fingerprint density at radius 3 is 2.71 bits per heavy atom. The van der Waals surface area contributed by atoms with Gasteiger partial charge in [-0.2, -0.15) is 0 Å². The number of urea groups is 1. The molecule has 0 spiro atoms. The molecule has 3 aliphatic heterocycles. The van der Waals surface area contributed by atoms with Gasteiger partial charge >= 0.3 is 6.03 Å². The molecule has 10 heteroatoms. The molecule has 0 aromatic heterocycles. The summed E-state index contributed by atoms with van der Waals surface area (Å²) in [6.45, 7) is 1.91. The average Bonchev–Trinajstić information content (AvgIpc) is 3.35. The first-order valence-corrected chi connectivity index (χ1v) is 11.2. The lowest BCUT2D eigenvalue weighted by atomic mass is 10.1. The van der Waals surface area contributed by atoms with Gasteiger partial charge in [0.25, 0.3) is 5.91 Å². The predicted molar refractivity (Wildman–Crippen MR) is 108 cm³/mol. The first-order chi connectivity index (χ1) is 13.6.